The number of benzene rings is 1. The topological polar surface area (TPSA) is 24.9 Å². The lowest BCUT2D eigenvalue weighted by molar-refractivity contribution is 0.627. The molecular weight excluding hydrogens is 262 g/mol. The smallest absolute Gasteiger partial charge is 0.123 e. The first-order chi connectivity index (χ1) is 7.34. The Kier molecular flexibility index (Phi) is 7.26. The summed E-state index contributed by atoms with van der Waals surface area (Å²) in [5.41, 5.74) is 2.06. The molecule has 2 aromatic rings. The zero-order valence-electron chi connectivity index (χ0n) is 8.97. The van der Waals surface area contributed by atoms with Crippen LogP contribution in [0.3, 0.4) is 0 Å². The van der Waals surface area contributed by atoms with E-state index in [1.807, 2.05) is 12.1 Å². The molecule has 0 unspecified atom stereocenters. The molecule has 0 aliphatic heterocycles. The monoisotopic (exact) mass is 274 g/mol. The fourth-order valence-corrected chi connectivity index (χ4v) is 1.28. The van der Waals surface area contributed by atoms with E-state index in [1.165, 1.54) is 12.1 Å². The highest BCUT2D eigenvalue weighted by Gasteiger charge is 1.94. The molecule has 2 nitrogen and oxygen atoms in total. The number of anilines is 1. The Bertz CT molecular complexity index is 420. The summed E-state index contributed by atoms with van der Waals surface area (Å²) >= 11 is 0. The SMILES string of the molecule is Cl.Cl.Fc1ccc(CNc2ccncc2)cc1. The predicted molar refractivity (Wildman–Crippen MR) is 72.5 cm³/mol. The van der Waals surface area contributed by atoms with Crippen LogP contribution in [0.5, 0.6) is 0 Å². The van der Waals surface area contributed by atoms with E-state index < -0.39 is 0 Å². The molecule has 0 radical (unpaired) electrons. The van der Waals surface area contributed by atoms with Crippen molar-refractivity contribution >= 4 is 30.5 Å². The van der Waals surface area contributed by atoms with Crippen LogP contribution in [0, 0.1) is 5.82 Å². The maximum Gasteiger partial charge on any atom is 0.123 e. The molecule has 1 N–H and O–H groups in total. The number of halogens is 3. The molecule has 0 bridgehead atoms. The van der Waals surface area contributed by atoms with E-state index in [1.54, 1.807) is 24.5 Å². The van der Waals surface area contributed by atoms with Gasteiger partial charge >= 0.3 is 0 Å². The minimum atomic E-state index is -0.206. The van der Waals surface area contributed by atoms with Gasteiger partial charge in [0.05, 0.1) is 0 Å². The fraction of sp³-hybridized carbons (Fsp3) is 0.0833. The first-order valence-corrected chi connectivity index (χ1v) is 4.73. The average molecular weight is 275 g/mol. The molecule has 1 heterocycles. The van der Waals surface area contributed by atoms with Crippen LogP contribution in [0.2, 0.25) is 0 Å². The molecule has 92 valence electrons. The third-order valence-electron chi connectivity index (χ3n) is 2.09. The van der Waals surface area contributed by atoms with Crippen LogP contribution in [0.25, 0.3) is 0 Å². The Morgan fingerprint density at radius 1 is 0.941 bits per heavy atom. The van der Waals surface area contributed by atoms with Gasteiger partial charge in [-0.05, 0) is 29.8 Å². The number of rotatable bonds is 3. The van der Waals surface area contributed by atoms with Crippen molar-refractivity contribution < 1.29 is 4.39 Å². The van der Waals surface area contributed by atoms with E-state index in [4.69, 9.17) is 0 Å². The largest absolute Gasteiger partial charge is 0.381 e. The number of hydrogen-bond acceptors (Lipinski definition) is 2. The standard InChI is InChI=1S/C12H11FN2.2ClH/c13-11-3-1-10(2-4-11)9-15-12-5-7-14-8-6-12;;/h1-8H,9H2,(H,14,15);2*1H. The number of aromatic nitrogens is 1. The van der Waals surface area contributed by atoms with Crippen molar-refractivity contribution in [1.29, 1.82) is 0 Å². The van der Waals surface area contributed by atoms with Crippen LogP contribution in [0.1, 0.15) is 5.56 Å². The van der Waals surface area contributed by atoms with E-state index >= 15 is 0 Å². The van der Waals surface area contributed by atoms with Crippen LogP contribution in [-0.2, 0) is 6.54 Å². The van der Waals surface area contributed by atoms with Gasteiger partial charge in [-0.25, -0.2) is 4.39 Å². The summed E-state index contributed by atoms with van der Waals surface area (Å²) < 4.78 is 12.6. The highest BCUT2D eigenvalue weighted by atomic mass is 35.5. The Hall–Kier alpha value is -1.32. The van der Waals surface area contributed by atoms with E-state index in [0.717, 1.165) is 11.3 Å². The zero-order chi connectivity index (χ0) is 10.5. The van der Waals surface area contributed by atoms with Gasteiger partial charge in [-0.3, -0.25) is 4.98 Å². The van der Waals surface area contributed by atoms with Gasteiger partial charge < -0.3 is 5.32 Å². The van der Waals surface area contributed by atoms with Gasteiger partial charge in [0.2, 0.25) is 0 Å². The lowest BCUT2D eigenvalue weighted by Gasteiger charge is -2.05. The van der Waals surface area contributed by atoms with Gasteiger partial charge in [0, 0.05) is 24.6 Å². The van der Waals surface area contributed by atoms with E-state index in [-0.39, 0.29) is 30.6 Å². The van der Waals surface area contributed by atoms with Gasteiger partial charge in [-0.1, -0.05) is 12.1 Å². The van der Waals surface area contributed by atoms with E-state index in [9.17, 15) is 4.39 Å². The summed E-state index contributed by atoms with van der Waals surface area (Å²) in [7, 11) is 0. The molecule has 0 saturated heterocycles. The molecule has 0 aliphatic rings. The Labute approximate surface area is 112 Å². The van der Waals surface area contributed by atoms with Crippen molar-refractivity contribution in [3.05, 3.63) is 60.2 Å². The molecule has 0 spiro atoms. The summed E-state index contributed by atoms with van der Waals surface area (Å²) in [6.07, 6.45) is 3.46. The van der Waals surface area contributed by atoms with Crippen LogP contribution in [0.4, 0.5) is 10.1 Å². The lowest BCUT2D eigenvalue weighted by Crippen LogP contribution is -1.98. The van der Waals surface area contributed by atoms with Crippen LogP contribution >= 0.6 is 24.8 Å². The second kappa shape index (κ2) is 7.87. The summed E-state index contributed by atoms with van der Waals surface area (Å²) in [5.74, 6) is -0.206. The first-order valence-electron chi connectivity index (χ1n) is 4.73. The summed E-state index contributed by atoms with van der Waals surface area (Å²) in [5, 5.41) is 3.22. The van der Waals surface area contributed by atoms with Gasteiger partial charge in [-0.15, -0.1) is 24.8 Å². The molecule has 0 fully saturated rings. The molecular formula is C12H13Cl2FN2. The average Bonchev–Trinajstić information content (AvgIpc) is 2.30. The van der Waals surface area contributed by atoms with Crippen LogP contribution in [-0.4, -0.2) is 4.98 Å². The van der Waals surface area contributed by atoms with Crippen LogP contribution < -0.4 is 5.32 Å². The van der Waals surface area contributed by atoms with Crippen molar-refractivity contribution in [2.45, 2.75) is 6.54 Å². The number of hydrogen-bond donors (Lipinski definition) is 1. The molecule has 0 saturated carbocycles. The Morgan fingerprint density at radius 3 is 2.12 bits per heavy atom. The fourth-order valence-electron chi connectivity index (χ4n) is 1.28. The molecule has 0 amide bonds. The second-order valence-corrected chi connectivity index (χ2v) is 3.22. The highest BCUT2D eigenvalue weighted by molar-refractivity contribution is 5.85. The molecule has 1 aromatic heterocycles. The quantitative estimate of drug-likeness (QED) is 0.924. The summed E-state index contributed by atoms with van der Waals surface area (Å²) in [6.45, 7) is 0.685. The first kappa shape index (κ1) is 15.7. The van der Waals surface area contributed by atoms with Gasteiger partial charge in [-0.2, -0.15) is 0 Å². The maximum atomic E-state index is 12.6. The van der Waals surface area contributed by atoms with Gasteiger partial charge in [0.1, 0.15) is 5.82 Å². The maximum absolute atomic E-state index is 12.6. The van der Waals surface area contributed by atoms with Crippen molar-refractivity contribution in [2.24, 2.45) is 0 Å². The molecule has 0 atom stereocenters. The number of nitrogens with zero attached hydrogens (tertiary/aromatic N) is 1. The van der Waals surface area contributed by atoms with Gasteiger partial charge in [0.15, 0.2) is 0 Å². The second-order valence-electron chi connectivity index (χ2n) is 3.22. The zero-order valence-corrected chi connectivity index (χ0v) is 10.6. The number of pyridine rings is 1. The van der Waals surface area contributed by atoms with Gasteiger partial charge in [0.25, 0.3) is 0 Å². The minimum absolute atomic E-state index is 0. The lowest BCUT2D eigenvalue weighted by atomic mass is 10.2. The third kappa shape index (κ3) is 5.02. The third-order valence-corrected chi connectivity index (χ3v) is 2.09. The number of nitrogens with one attached hydrogen (secondary N) is 1. The van der Waals surface area contributed by atoms with Crippen LogP contribution in [0.15, 0.2) is 48.8 Å². The molecule has 0 aliphatic carbocycles. The molecule has 2 rings (SSSR count). The van der Waals surface area contributed by atoms with E-state index in [2.05, 4.69) is 10.3 Å². The van der Waals surface area contributed by atoms with Crippen molar-refractivity contribution in [3.63, 3.8) is 0 Å². The summed E-state index contributed by atoms with van der Waals surface area (Å²) in [6, 6.07) is 10.2. The molecule has 17 heavy (non-hydrogen) atoms. The molecule has 1 aromatic carbocycles. The normalized spacial score (nSPS) is 8.76. The van der Waals surface area contributed by atoms with Crippen molar-refractivity contribution in [2.75, 3.05) is 5.32 Å². The minimum Gasteiger partial charge on any atom is -0.381 e. The Balaban J connectivity index is 0.00000128. The van der Waals surface area contributed by atoms with E-state index in [0.29, 0.717) is 6.54 Å². The predicted octanol–water partition coefficient (Wildman–Crippen LogP) is 3.68. The highest BCUT2D eigenvalue weighted by Crippen LogP contribution is 2.07. The van der Waals surface area contributed by atoms with Crippen molar-refractivity contribution in [3.8, 4) is 0 Å². The summed E-state index contributed by atoms with van der Waals surface area (Å²) in [4.78, 5) is 3.92. The van der Waals surface area contributed by atoms with Crippen molar-refractivity contribution in [1.82, 2.24) is 4.98 Å². The Morgan fingerprint density at radius 2 is 1.53 bits per heavy atom. The molecule has 5 heteroatoms.